The lowest BCUT2D eigenvalue weighted by molar-refractivity contribution is -0.114. The number of anilines is 5. The summed E-state index contributed by atoms with van der Waals surface area (Å²) in [6.45, 7) is 8.26. The zero-order valence-corrected chi connectivity index (χ0v) is 18.4. The maximum absolute atomic E-state index is 13.6. The van der Waals surface area contributed by atoms with E-state index in [4.69, 9.17) is 0 Å². The standard InChI is InChI=1S/C23H26FN7O/c1-15-13-18(7-8-19(15)24)30-9-11-31(12-10-30)23-26-14-25-22(29-23)28-21-6-4-5-20(16(21)2)27-17(3)32/h4-8,13-14H,9-12H2,1-3H3,(H,27,32)(H,25,26,28,29). The van der Waals surface area contributed by atoms with Gasteiger partial charge in [-0.05, 0) is 55.3 Å². The van der Waals surface area contributed by atoms with Crippen LogP contribution in [0.4, 0.5) is 33.3 Å². The number of carbonyl (C=O) groups excluding carboxylic acids is 1. The number of benzene rings is 2. The number of aromatic nitrogens is 3. The Morgan fingerprint density at radius 2 is 1.72 bits per heavy atom. The number of hydrogen-bond donors (Lipinski definition) is 2. The topological polar surface area (TPSA) is 86.3 Å². The molecule has 0 bridgehead atoms. The van der Waals surface area contributed by atoms with Crippen LogP contribution in [0.5, 0.6) is 0 Å². The molecular weight excluding hydrogens is 409 g/mol. The molecule has 1 aliphatic rings. The van der Waals surface area contributed by atoms with Crippen LogP contribution in [0.1, 0.15) is 18.1 Å². The van der Waals surface area contributed by atoms with E-state index in [0.717, 1.165) is 48.8 Å². The molecule has 1 aromatic heterocycles. The van der Waals surface area contributed by atoms with Gasteiger partial charge in [-0.2, -0.15) is 4.98 Å². The van der Waals surface area contributed by atoms with Gasteiger partial charge in [0, 0.05) is 50.2 Å². The first-order valence-electron chi connectivity index (χ1n) is 10.5. The smallest absolute Gasteiger partial charge is 0.232 e. The summed E-state index contributed by atoms with van der Waals surface area (Å²) in [6.07, 6.45) is 1.49. The highest BCUT2D eigenvalue weighted by Gasteiger charge is 2.20. The van der Waals surface area contributed by atoms with Crippen molar-refractivity contribution in [3.8, 4) is 0 Å². The summed E-state index contributed by atoms with van der Waals surface area (Å²) in [6, 6.07) is 10.8. The number of amides is 1. The van der Waals surface area contributed by atoms with Gasteiger partial charge in [-0.15, -0.1) is 0 Å². The van der Waals surface area contributed by atoms with Gasteiger partial charge < -0.3 is 20.4 Å². The largest absolute Gasteiger partial charge is 0.368 e. The molecule has 3 aromatic rings. The number of nitrogens with zero attached hydrogens (tertiary/aromatic N) is 5. The highest BCUT2D eigenvalue weighted by atomic mass is 19.1. The zero-order chi connectivity index (χ0) is 22.7. The maximum Gasteiger partial charge on any atom is 0.232 e. The van der Waals surface area contributed by atoms with Crippen molar-refractivity contribution in [1.82, 2.24) is 15.0 Å². The molecule has 1 amide bonds. The minimum absolute atomic E-state index is 0.123. The second kappa shape index (κ2) is 9.17. The molecule has 1 aliphatic heterocycles. The van der Waals surface area contributed by atoms with Crippen LogP contribution in [0.15, 0.2) is 42.7 Å². The van der Waals surface area contributed by atoms with Crippen LogP contribution in [-0.4, -0.2) is 47.0 Å². The molecule has 2 aromatic carbocycles. The second-order valence-electron chi connectivity index (χ2n) is 7.80. The van der Waals surface area contributed by atoms with Crippen molar-refractivity contribution in [2.45, 2.75) is 20.8 Å². The summed E-state index contributed by atoms with van der Waals surface area (Å²) < 4.78 is 13.6. The molecule has 0 atom stereocenters. The minimum Gasteiger partial charge on any atom is -0.368 e. The number of carbonyl (C=O) groups is 1. The van der Waals surface area contributed by atoms with Gasteiger partial charge >= 0.3 is 0 Å². The number of piperazine rings is 1. The molecule has 1 fully saturated rings. The molecule has 4 rings (SSSR count). The third-order valence-electron chi connectivity index (χ3n) is 5.52. The SMILES string of the molecule is CC(=O)Nc1cccc(Nc2ncnc(N3CCN(c4ccc(F)c(C)c4)CC3)n2)c1C. The average molecular weight is 436 g/mol. The Kier molecular flexibility index (Phi) is 6.16. The van der Waals surface area contributed by atoms with Gasteiger partial charge in [-0.1, -0.05) is 6.07 Å². The van der Waals surface area contributed by atoms with Gasteiger partial charge in [0.1, 0.15) is 12.1 Å². The fraction of sp³-hybridized carbons (Fsp3) is 0.304. The normalized spacial score (nSPS) is 13.8. The Hall–Kier alpha value is -3.75. The number of halogens is 1. The fourth-order valence-corrected chi connectivity index (χ4v) is 3.71. The Morgan fingerprint density at radius 1 is 1.00 bits per heavy atom. The van der Waals surface area contributed by atoms with E-state index in [1.807, 2.05) is 37.3 Å². The van der Waals surface area contributed by atoms with E-state index in [-0.39, 0.29) is 11.7 Å². The molecule has 2 N–H and O–H groups in total. The lowest BCUT2D eigenvalue weighted by atomic mass is 10.1. The molecule has 9 heteroatoms. The molecule has 166 valence electrons. The Balaban J connectivity index is 1.44. The molecule has 0 saturated carbocycles. The maximum atomic E-state index is 13.6. The number of nitrogens with one attached hydrogen (secondary N) is 2. The lowest BCUT2D eigenvalue weighted by Gasteiger charge is -2.36. The Morgan fingerprint density at radius 3 is 2.44 bits per heavy atom. The van der Waals surface area contributed by atoms with E-state index in [0.29, 0.717) is 17.5 Å². The molecule has 1 saturated heterocycles. The van der Waals surface area contributed by atoms with E-state index >= 15 is 0 Å². The van der Waals surface area contributed by atoms with Crippen LogP contribution < -0.4 is 20.4 Å². The van der Waals surface area contributed by atoms with E-state index in [9.17, 15) is 9.18 Å². The number of hydrogen-bond acceptors (Lipinski definition) is 7. The van der Waals surface area contributed by atoms with Gasteiger partial charge in [-0.3, -0.25) is 4.79 Å². The van der Waals surface area contributed by atoms with Crippen molar-refractivity contribution in [3.05, 3.63) is 59.7 Å². The first kappa shape index (κ1) is 21.5. The molecular formula is C23H26FN7O. The third-order valence-corrected chi connectivity index (χ3v) is 5.52. The first-order chi connectivity index (χ1) is 15.4. The zero-order valence-electron chi connectivity index (χ0n) is 18.4. The van der Waals surface area contributed by atoms with Crippen molar-refractivity contribution < 1.29 is 9.18 Å². The van der Waals surface area contributed by atoms with Crippen molar-refractivity contribution in [2.24, 2.45) is 0 Å². The van der Waals surface area contributed by atoms with Crippen LogP contribution >= 0.6 is 0 Å². The molecule has 0 aliphatic carbocycles. The minimum atomic E-state index is -0.185. The van der Waals surface area contributed by atoms with Gasteiger partial charge in [0.05, 0.1) is 0 Å². The van der Waals surface area contributed by atoms with Crippen molar-refractivity contribution in [3.63, 3.8) is 0 Å². The Bertz CT molecular complexity index is 1130. The third kappa shape index (κ3) is 4.77. The van der Waals surface area contributed by atoms with Crippen LogP contribution in [0.2, 0.25) is 0 Å². The summed E-state index contributed by atoms with van der Waals surface area (Å²) in [5.41, 5.74) is 4.12. The van der Waals surface area contributed by atoms with Crippen molar-refractivity contribution in [2.75, 3.05) is 46.6 Å². The molecule has 2 heterocycles. The summed E-state index contributed by atoms with van der Waals surface area (Å²) in [5.74, 6) is 0.737. The molecule has 0 radical (unpaired) electrons. The molecule has 0 spiro atoms. The predicted octanol–water partition coefficient (Wildman–Crippen LogP) is 3.66. The van der Waals surface area contributed by atoms with Gasteiger partial charge in [0.2, 0.25) is 17.8 Å². The average Bonchev–Trinajstić information content (AvgIpc) is 2.78. The highest BCUT2D eigenvalue weighted by molar-refractivity contribution is 5.90. The van der Waals surface area contributed by atoms with Crippen LogP contribution in [0.3, 0.4) is 0 Å². The Labute approximate surface area is 186 Å². The van der Waals surface area contributed by atoms with E-state index < -0.39 is 0 Å². The highest BCUT2D eigenvalue weighted by Crippen LogP contribution is 2.26. The van der Waals surface area contributed by atoms with Crippen LogP contribution in [0.25, 0.3) is 0 Å². The van der Waals surface area contributed by atoms with Crippen LogP contribution in [-0.2, 0) is 4.79 Å². The van der Waals surface area contributed by atoms with Gasteiger partial charge in [0.25, 0.3) is 0 Å². The lowest BCUT2D eigenvalue weighted by Crippen LogP contribution is -2.47. The van der Waals surface area contributed by atoms with Gasteiger partial charge in [0.15, 0.2) is 0 Å². The fourth-order valence-electron chi connectivity index (χ4n) is 3.71. The predicted molar refractivity (Wildman–Crippen MR) is 124 cm³/mol. The van der Waals surface area contributed by atoms with Gasteiger partial charge in [-0.25, -0.2) is 14.4 Å². The molecule has 32 heavy (non-hydrogen) atoms. The first-order valence-corrected chi connectivity index (χ1v) is 10.5. The monoisotopic (exact) mass is 435 g/mol. The number of rotatable bonds is 5. The molecule has 8 nitrogen and oxygen atoms in total. The van der Waals surface area contributed by atoms with Crippen LogP contribution in [0, 0.1) is 19.7 Å². The van der Waals surface area contributed by atoms with Crippen molar-refractivity contribution >= 4 is 34.9 Å². The summed E-state index contributed by atoms with van der Waals surface area (Å²) in [4.78, 5) is 28.9. The summed E-state index contributed by atoms with van der Waals surface area (Å²) >= 11 is 0. The summed E-state index contributed by atoms with van der Waals surface area (Å²) in [5, 5.41) is 6.05. The summed E-state index contributed by atoms with van der Waals surface area (Å²) in [7, 11) is 0. The van der Waals surface area contributed by atoms with E-state index in [1.54, 1.807) is 6.92 Å². The quantitative estimate of drug-likeness (QED) is 0.633. The number of aryl methyl sites for hydroxylation is 1. The van der Waals surface area contributed by atoms with Crippen molar-refractivity contribution in [1.29, 1.82) is 0 Å². The molecule has 0 unspecified atom stereocenters. The van der Waals surface area contributed by atoms with E-state index in [2.05, 4.69) is 35.4 Å². The van der Waals surface area contributed by atoms with E-state index in [1.165, 1.54) is 19.3 Å². The second-order valence-corrected chi connectivity index (χ2v) is 7.80.